The molecule has 3 N–H and O–H groups in total. The minimum Gasteiger partial charge on any atom is -0.463 e. The highest BCUT2D eigenvalue weighted by Crippen LogP contribution is 2.19. The molecular weight excluding hydrogens is 811 g/mol. The van der Waals surface area contributed by atoms with Gasteiger partial charge in [0.25, 0.3) is 5.91 Å². The predicted molar refractivity (Wildman–Crippen MR) is 273 cm³/mol. The highest BCUT2D eigenvalue weighted by Gasteiger charge is 2.16. The molecule has 65 heavy (non-hydrogen) atoms. The number of carbonyl (C=O) groups excluding carboxylic acids is 3. The number of hydrogen-bond acceptors (Lipinski definition) is 7. The van der Waals surface area contributed by atoms with Crippen LogP contribution in [0.15, 0.2) is 18.5 Å². The molecule has 0 fully saturated rings. The Morgan fingerprint density at radius 2 is 0.985 bits per heavy atom. The summed E-state index contributed by atoms with van der Waals surface area (Å²) >= 11 is 0. The Morgan fingerprint density at radius 3 is 1.49 bits per heavy atom. The smallest absolute Gasteiger partial charge is 0.306 e. The van der Waals surface area contributed by atoms with Gasteiger partial charge in [-0.2, -0.15) is 0 Å². The van der Waals surface area contributed by atoms with Gasteiger partial charge in [0.1, 0.15) is 6.10 Å². The van der Waals surface area contributed by atoms with Crippen molar-refractivity contribution in [2.24, 2.45) is 0 Å². The number of nitrogens with zero attached hydrogens (tertiary/aromatic N) is 1. The van der Waals surface area contributed by atoms with Crippen LogP contribution in [0, 0.1) is 0 Å². The lowest BCUT2D eigenvalue weighted by molar-refractivity contribution is -0.150. The van der Waals surface area contributed by atoms with E-state index in [2.05, 4.69) is 36.0 Å². The fourth-order valence-corrected chi connectivity index (χ4v) is 8.95. The minimum atomic E-state index is -0.417. The molecule has 1 rings (SSSR count). The van der Waals surface area contributed by atoms with Crippen LogP contribution < -0.4 is 5.32 Å². The highest BCUT2D eigenvalue weighted by atomic mass is 16.5. The molecular formula is C56H105N3O6. The number of amides is 1. The van der Waals surface area contributed by atoms with Gasteiger partial charge >= 0.3 is 11.9 Å². The first kappa shape index (κ1) is 60.6. The molecule has 0 bridgehead atoms. The van der Waals surface area contributed by atoms with Gasteiger partial charge in [0.05, 0.1) is 17.8 Å². The number of H-pyrrole nitrogens is 1. The molecule has 0 saturated carbocycles. The maximum Gasteiger partial charge on any atom is 0.306 e. The lowest BCUT2D eigenvalue weighted by Gasteiger charge is -2.25. The van der Waals surface area contributed by atoms with E-state index in [1.54, 1.807) is 18.5 Å². The number of nitrogens with one attached hydrogen (secondary N) is 2. The summed E-state index contributed by atoms with van der Waals surface area (Å²) in [6.45, 7) is 11.9. The van der Waals surface area contributed by atoms with Crippen LogP contribution >= 0.6 is 0 Å². The van der Waals surface area contributed by atoms with Crippen molar-refractivity contribution in [2.75, 3.05) is 26.2 Å². The lowest BCUT2D eigenvalue weighted by Crippen LogP contribution is -2.34. The van der Waals surface area contributed by atoms with Crippen LogP contribution in [0.25, 0.3) is 0 Å². The van der Waals surface area contributed by atoms with Crippen LogP contribution in [0.2, 0.25) is 0 Å². The molecule has 1 heterocycles. The van der Waals surface area contributed by atoms with E-state index in [9.17, 15) is 19.5 Å². The fraction of sp³-hybridized carbons (Fsp3) is 0.875. The van der Waals surface area contributed by atoms with Crippen molar-refractivity contribution >= 4 is 17.8 Å². The number of carbonyl (C=O) groups is 3. The zero-order valence-electron chi connectivity index (χ0n) is 43.1. The Kier molecular flexibility index (Phi) is 42.3. The van der Waals surface area contributed by atoms with Gasteiger partial charge in [-0.05, 0) is 110 Å². The molecule has 1 amide bonds. The van der Waals surface area contributed by atoms with Crippen molar-refractivity contribution in [3.63, 3.8) is 0 Å². The topological polar surface area (TPSA) is 121 Å². The van der Waals surface area contributed by atoms with Crippen molar-refractivity contribution in [3.05, 3.63) is 24.0 Å². The van der Waals surface area contributed by atoms with Gasteiger partial charge < -0.3 is 29.8 Å². The molecule has 0 aliphatic heterocycles. The summed E-state index contributed by atoms with van der Waals surface area (Å²) in [4.78, 5) is 43.0. The Balaban J connectivity index is 2.42. The summed E-state index contributed by atoms with van der Waals surface area (Å²) in [5, 5.41) is 14.0. The summed E-state index contributed by atoms with van der Waals surface area (Å²) < 4.78 is 11.8. The van der Waals surface area contributed by atoms with E-state index in [1.807, 2.05) is 6.92 Å². The quantitative estimate of drug-likeness (QED) is 0.0440. The summed E-state index contributed by atoms with van der Waals surface area (Å²) in [6, 6.07) is 1.77. The van der Waals surface area contributed by atoms with E-state index in [1.165, 1.54) is 122 Å². The molecule has 0 radical (unpaired) electrons. The first-order valence-electron chi connectivity index (χ1n) is 28.0. The molecule has 0 aliphatic rings. The summed E-state index contributed by atoms with van der Waals surface area (Å²) in [7, 11) is 0. The third-order valence-corrected chi connectivity index (χ3v) is 13.1. The maximum absolute atomic E-state index is 12.9. The molecule has 2 unspecified atom stereocenters. The van der Waals surface area contributed by atoms with E-state index in [0.717, 1.165) is 116 Å². The number of aliphatic hydroxyl groups excluding tert-OH is 1. The second kappa shape index (κ2) is 45.4. The van der Waals surface area contributed by atoms with Crippen molar-refractivity contribution in [3.8, 4) is 0 Å². The van der Waals surface area contributed by atoms with E-state index in [0.29, 0.717) is 37.9 Å². The molecule has 0 spiro atoms. The minimum absolute atomic E-state index is 0.00968. The van der Waals surface area contributed by atoms with Crippen molar-refractivity contribution in [1.82, 2.24) is 15.2 Å². The van der Waals surface area contributed by atoms with Crippen molar-refractivity contribution in [2.45, 2.75) is 290 Å². The zero-order valence-corrected chi connectivity index (χ0v) is 43.1. The molecule has 0 aromatic carbocycles. The van der Waals surface area contributed by atoms with Gasteiger partial charge in [0, 0.05) is 38.3 Å². The number of rotatable bonds is 49. The molecule has 0 aliphatic carbocycles. The number of ether oxygens (including phenoxy) is 2. The van der Waals surface area contributed by atoms with E-state index >= 15 is 0 Å². The average molecular weight is 916 g/mol. The van der Waals surface area contributed by atoms with Gasteiger partial charge in [0.15, 0.2) is 0 Å². The zero-order chi connectivity index (χ0) is 47.3. The number of aromatic nitrogens is 1. The number of aromatic amines is 1. The van der Waals surface area contributed by atoms with Gasteiger partial charge in [-0.3, -0.25) is 14.4 Å². The predicted octanol–water partition coefficient (Wildman–Crippen LogP) is 15.1. The Hall–Kier alpha value is -2.39. The number of unbranched alkanes of at least 4 members (excludes halogenated alkanes) is 26. The average Bonchev–Trinajstić information content (AvgIpc) is 3.84. The first-order valence-corrected chi connectivity index (χ1v) is 28.0. The van der Waals surface area contributed by atoms with Crippen molar-refractivity contribution < 1.29 is 29.0 Å². The normalized spacial score (nSPS) is 12.5. The fourth-order valence-electron chi connectivity index (χ4n) is 8.95. The van der Waals surface area contributed by atoms with Crippen molar-refractivity contribution in [1.29, 1.82) is 0 Å². The summed E-state index contributed by atoms with van der Waals surface area (Å²) in [6.07, 6.45) is 45.7. The van der Waals surface area contributed by atoms with E-state index in [-0.39, 0.29) is 30.1 Å². The van der Waals surface area contributed by atoms with Crippen LogP contribution in [-0.4, -0.2) is 77.3 Å². The third kappa shape index (κ3) is 39.3. The number of aliphatic hydroxyl groups is 1. The summed E-state index contributed by atoms with van der Waals surface area (Å²) in [5.41, 5.74) is 0.635. The first-order chi connectivity index (χ1) is 31.8. The molecule has 9 nitrogen and oxygen atoms in total. The monoisotopic (exact) mass is 916 g/mol. The number of hydrogen-bond donors (Lipinski definition) is 3. The van der Waals surface area contributed by atoms with Crippen LogP contribution in [-0.2, 0) is 19.1 Å². The summed E-state index contributed by atoms with van der Waals surface area (Å²) in [5.74, 6) is -0.158. The molecule has 380 valence electrons. The highest BCUT2D eigenvalue weighted by molar-refractivity contribution is 5.93. The third-order valence-electron chi connectivity index (χ3n) is 13.1. The lowest BCUT2D eigenvalue weighted by atomic mass is 10.0. The molecule has 1 aromatic heterocycles. The van der Waals surface area contributed by atoms with Gasteiger partial charge in [-0.25, -0.2) is 0 Å². The number of esters is 2. The molecule has 0 saturated heterocycles. The van der Waals surface area contributed by atoms with E-state index < -0.39 is 6.10 Å². The Labute approximate surface area is 400 Å². The molecule has 2 atom stereocenters. The second-order valence-electron chi connectivity index (χ2n) is 19.6. The Bertz CT molecular complexity index is 1180. The molecule has 1 aromatic rings. The second-order valence-corrected chi connectivity index (χ2v) is 19.6. The molecule has 9 heteroatoms. The van der Waals surface area contributed by atoms with Crippen LogP contribution in [0.1, 0.15) is 282 Å². The Morgan fingerprint density at radius 1 is 0.554 bits per heavy atom. The van der Waals surface area contributed by atoms with Gasteiger partial charge in [-0.1, -0.05) is 168 Å². The maximum atomic E-state index is 12.9. The van der Waals surface area contributed by atoms with Crippen LogP contribution in [0.5, 0.6) is 0 Å². The van der Waals surface area contributed by atoms with Crippen LogP contribution in [0.4, 0.5) is 0 Å². The SMILES string of the molecule is CCCCCCCCCCCCC(C)OC(=O)CCCCCN(CCCCCCCC(=O)OC(CCCCCCCC)CCCCCCCC)CC(O)CCCCNC(=O)c1cc[nH]c1. The standard InChI is InChI=1S/C56H105N3O6/c1-5-8-11-14-17-18-19-20-22-28-37-50(4)64-54(61)41-32-27-36-47-59(49-52(60)38-33-34-44-58-56(63)51-43-45-57-48-51)46-35-26-21-25-31-42-55(62)65-53(39-29-23-15-12-9-6-2)40-30-24-16-13-10-7-3/h43,45,48,50,52-53,57,60H,5-42,44,46-47,49H2,1-4H3,(H,58,63). The van der Waals surface area contributed by atoms with Gasteiger partial charge in [0.2, 0.25) is 0 Å². The van der Waals surface area contributed by atoms with Gasteiger partial charge in [-0.15, -0.1) is 0 Å². The van der Waals surface area contributed by atoms with Crippen LogP contribution in [0.3, 0.4) is 0 Å². The van der Waals surface area contributed by atoms with E-state index in [4.69, 9.17) is 9.47 Å². The largest absolute Gasteiger partial charge is 0.463 e.